The SMILES string of the molecule is CC/C=C\C/C=C\C/C=C\C/C=C\C/C=C\CCCC(=O)OCC(COC(=O)CCCCCCCC/C=C\C/C=C\C/C=C\CCCCCCC)OC(=O)CCCCCCCCC/C=C\C/C=C\CCCCCC. The fourth-order valence-corrected chi connectivity index (χ4v) is 8.10. The molecule has 0 N–H and O–H groups in total. The Bertz CT molecular complexity index is 1550. The maximum absolute atomic E-state index is 12.9. The van der Waals surface area contributed by atoms with E-state index in [-0.39, 0.29) is 37.5 Å². The highest BCUT2D eigenvalue weighted by Crippen LogP contribution is 2.14. The molecule has 0 aliphatic heterocycles. The maximum Gasteiger partial charge on any atom is 0.306 e. The molecule has 420 valence electrons. The predicted octanol–water partition coefficient (Wildman–Crippen LogP) is 20.8. The highest BCUT2D eigenvalue weighted by Gasteiger charge is 2.19. The largest absolute Gasteiger partial charge is 0.462 e. The third-order valence-corrected chi connectivity index (χ3v) is 12.7. The molecule has 0 saturated heterocycles. The van der Waals surface area contributed by atoms with Gasteiger partial charge >= 0.3 is 17.9 Å². The Morgan fingerprint density at radius 2 is 0.541 bits per heavy atom. The van der Waals surface area contributed by atoms with Crippen molar-refractivity contribution in [3.63, 3.8) is 0 Å². The van der Waals surface area contributed by atoms with E-state index in [9.17, 15) is 14.4 Å². The Hall–Kier alpha value is -4.19. The van der Waals surface area contributed by atoms with Gasteiger partial charge in [-0.3, -0.25) is 14.4 Å². The Morgan fingerprint density at radius 3 is 0.892 bits per heavy atom. The van der Waals surface area contributed by atoms with Gasteiger partial charge in [-0.05, 0) is 128 Å². The molecule has 0 rings (SSSR count). The van der Waals surface area contributed by atoms with Gasteiger partial charge in [-0.1, -0.05) is 245 Å². The van der Waals surface area contributed by atoms with Crippen molar-refractivity contribution in [1.82, 2.24) is 0 Å². The number of allylic oxidation sites excluding steroid dienone is 20. The van der Waals surface area contributed by atoms with Crippen molar-refractivity contribution in [3.05, 3.63) is 122 Å². The van der Waals surface area contributed by atoms with Crippen molar-refractivity contribution < 1.29 is 28.6 Å². The first kappa shape index (κ1) is 69.8. The summed E-state index contributed by atoms with van der Waals surface area (Å²) < 4.78 is 16.8. The number of carbonyl (C=O) groups is 3. The lowest BCUT2D eigenvalue weighted by atomic mass is 10.1. The van der Waals surface area contributed by atoms with E-state index in [2.05, 4.69) is 142 Å². The van der Waals surface area contributed by atoms with Crippen LogP contribution in [0.1, 0.15) is 271 Å². The molecule has 6 nitrogen and oxygen atoms in total. The van der Waals surface area contributed by atoms with Gasteiger partial charge in [0.05, 0.1) is 0 Å². The van der Waals surface area contributed by atoms with Crippen LogP contribution in [-0.4, -0.2) is 37.2 Å². The zero-order chi connectivity index (χ0) is 53.6. The van der Waals surface area contributed by atoms with E-state index in [1.54, 1.807) is 0 Å². The Balaban J connectivity index is 4.51. The number of ether oxygens (including phenoxy) is 3. The average Bonchev–Trinajstić information content (AvgIpc) is 3.40. The lowest BCUT2D eigenvalue weighted by Crippen LogP contribution is -2.30. The molecule has 0 aromatic carbocycles. The van der Waals surface area contributed by atoms with E-state index < -0.39 is 6.10 Å². The van der Waals surface area contributed by atoms with E-state index in [1.807, 2.05) is 0 Å². The molecule has 1 unspecified atom stereocenters. The Labute approximate surface area is 456 Å². The van der Waals surface area contributed by atoms with Crippen molar-refractivity contribution in [2.75, 3.05) is 13.2 Å². The van der Waals surface area contributed by atoms with Gasteiger partial charge in [0.15, 0.2) is 6.10 Å². The van der Waals surface area contributed by atoms with Gasteiger partial charge in [0.2, 0.25) is 0 Å². The number of unbranched alkanes of at least 4 members (excludes halogenated alkanes) is 23. The summed E-state index contributed by atoms with van der Waals surface area (Å²) in [4.78, 5) is 38.3. The summed E-state index contributed by atoms with van der Waals surface area (Å²) in [6, 6.07) is 0. The molecule has 6 heteroatoms. The summed E-state index contributed by atoms with van der Waals surface area (Å²) >= 11 is 0. The molecule has 0 heterocycles. The number of esters is 3. The Morgan fingerprint density at radius 1 is 0.284 bits per heavy atom. The van der Waals surface area contributed by atoms with Crippen LogP contribution in [0.3, 0.4) is 0 Å². The van der Waals surface area contributed by atoms with E-state index in [1.165, 1.54) is 109 Å². The van der Waals surface area contributed by atoms with Crippen LogP contribution in [0.25, 0.3) is 0 Å². The number of rotatable bonds is 54. The number of hydrogen-bond acceptors (Lipinski definition) is 6. The van der Waals surface area contributed by atoms with Gasteiger partial charge in [-0.15, -0.1) is 0 Å². The minimum Gasteiger partial charge on any atom is -0.462 e. The molecule has 0 fully saturated rings. The maximum atomic E-state index is 12.9. The van der Waals surface area contributed by atoms with Gasteiger partial charge in [-0.25, -0.2) is 0 Å². The topological polar surface area (TPSA) is 78.9 Å². The van der Waals surface area contributed by atoms with Gasteiger partial charge in [0.1, 0.15) is 13.2 Å². The summed E-state index contributed by atoms with van der Waals surface area (Å²) in [5.74, 6) is -0.987. The molecular weight excluding hydrogens is 913 g/mol. The first-order chi connectivity index (χ1) is 36.5. The molecule has 0 bridgehead atoms. The molecule has 74 heavy (non-hydrogen) atoms. The predicted molar refractivity (Wildman–Crippen MR) is 320 cm³/mol. The molecule has 0 aliphatic carbocycles. The quantitative estimate of drug-likeness (QED) is 0.0261. The summed E-state index contributed by atoms with van der Waals surface area (Å²) in [5, 5.41) is 0. The highest BCUT2D eigenvalue weighted by atomic mass is 16.6. The fourth-order valence-electron chi connectivity index (χ4n) is 8.10. The van der Waals surface area contributed by atoms with Gasteiger partial charge in [0.25, 0.3) is 0 Å². The third kappa shape index (κ3) is 58.7. The van der Waals surface area contributed by atoms with Crippen molar-refractivity contribution in [2.45, 2.75) is 277 Å². The van der Waals surface area contributed by atoms with Crippen molar-refractivity contribution in [3.8, 4) is 0 Å². The van der Waals surface area contributed by atoms with E-state index in [4.69, 9.17) is 14.2 Å². The standard InChI is InChI=1S/C68H112O6/c1-4-7-10-13-16-19-22-25-28-31-33-34-35-38-40-43-46-49-52-55-58-61-67(70)73-64-65(63-72-66(69)60-57-54-51-48-45-42-39-36-30-27-24-21-18-15-12-9-6-3)74-68(71)62-59-56-53-50-47-44-41-37-32-29-26-23-20-17-14-11-8-5-2/h9,12,18,20-23,25,27,29-33,35,38-39,42,48,51,65H,4-8,10-11,13-17,19,24,26,28,34,36-37,40-41,43-47,49-50,52-64H2,1-3H3/b12-9-,21-18-,23-20-,25-22-,30-27-,32-29-,33-31-,38-35-,42-39-,51-48-. The lowest BCUT2D eigenvalue weighted by molar-refractivity contribution is -0.167. The molecule has 1 atom stereocenters. The van der Waals surface area contributed by atoms with Gasteiger partial charge in [-0.2, -0.15) is 0 Å². The van der Waals surface area contributed by atoms with Crippen LogP contribution in [0.5, 0.6) is 0 Å². The summed E-state index contributed by atoms with van der Waals surface area (Å²) in [7, 11) is 0. The second-order valence-electron chi connectivity index (χ2n) is 19.9. The summed E-state index contributed by atoms with van der Waals surface area (Å²) in [6.45, 7) is 6.44. The number of carbonyl (C=O) groups excluding carboxylic acids is 3. The molecule has 0 amide bonds. The van der Waals surface area contributed by atoms with Crippen LogP contribution in [0.15, 0.2) is 122 Å². The van der Waals surface area contributed by atoms with Crippen LogP contribution in [0.2, 0.25) is 0 Å². The summed E-state index contributed by atoms with van der Waals surface area (Å²) in [5.41, 5.74) is 0. The van der Waals surface area contributed by atoms with Crippen molar-refractivity contribution in [1.29, 1.82) is 0 Å². The van der Waals surface area contributed by atoms with Crippen LogP contribution in [0, 0.1) is 0 Å². The first-order valence-corrected chi connectivity index (χ1v) is 30.5. The second-order valence-corrected chi connectivity index (χ2v) is 19.9. The molecule has 0 spiro atoms. The zero-order valence-electron chi connectivity index (χ0n) is 48.1. The van der Waals surface area contributed by atoms with E-state index in [0.29, 0.717) is 19.3 Å². The minimum atomic E-state index is -0.816. The van der Waals surface area contributed by atoms with Gasteiger partial charge < -0.3 is 14.2 Å². The third-order valence-electron chi connectivity index (χ3n) is 12.7. The van der Waals surface area contributed by atoms with Crippen molar-refractivity contribution >= 4 is 17.9 Å². The van der Waals surface area contributed by atoms with Crippen LogP contribution in [-0.2, 0) is 28.6 Å². The molecule has 0 aliphatic rings. The summed E-state index contributed by atoms with van der Waals surface area (Å²) in [6.07, 6.45) is 84.8. The van der Waals surface area contributed by atoms with Crippen LogP contribution in [0.4, 0.5) is 0 Å². The molecule has 0 aromatic heterocycles. The molecule has 0 aromatic rings. The highest BCUT2D eigenvalue weighted by molar-refractivity contribution is 5.71. The first-order valence-electron chi connectivity index (χ1n) is 30.5. The smallest absolute Gasteiger partial charge is 0.306 e. The second kappa shape index (κ2) is 61.4. The van der Waals surface area contributed by atoms with E-state index >= 15 is 0 Å². The fraction of sp³-hybridized carbons (Fsp3) is 0.662. The molecular formula is C68H112O6. The lowest BCUT2D eigenvalue weighted by Gasteiger charge is -2.18. The average molecular weight is 1030 g/mol. The molecule has 0 radical (unpaired) electrons. The number of hydrogen-bond donors (Lipinski definition) is 0. The van der Waals surface area contributed by atoms with Crippen LogP contribution < -0.4 is 0 Å². The molecule has 0 saturated carbocycles. The van der Waals surface area contributed by atoms with Gasteiger partial charge in [0, 0.05) is 19.3 Å². The normalized spacial score (nSPS) is 13.0. The Kier molecular flexibility index (Phi) is 57.9. The monoisotopic (exact) mass is 1020 g/mol. The van der Waals surface area contributed by atoms with E-state index in [0.717, 1.165) is 116 Å². The van der Waals surface area contributed by atoms with Crippen LogP contribution >= 0.6 is 0 Å². The minimum absolute atomic E-state index is 0.109. The zero-order valence-corrected chi connectivity index (χ0v) is 48.1. The van der Waals surface area contributed by atoms with Crippen molar-refractivity contribution in [2.24, 2.45) is 0 Å².